The standard InChI is InChI=1S/C17H24N4/c1-2-20-11-3-5-17(20)14-18-13-15-6-8-16(9-7-15)21-12-4-10-19-21/h4,6-10,12,17-18H,2-3,5,11,13-14H2,1H3. The molecule has 0 spiro atoms. The summed E-state index contributed by atoms with van der Waals surface area (Å²) in [5.41, 5.74) is 2.43. The Kier molecular flexibility index (Phi) is 4.68. The molecule has 1 fully saturated rings. The van der Waals surface area contributed by atoms with Crippen molar-refractivity contribution in [2.75, 3.05) is 19.6 Å². The van der Waals surface area contributed by atoms with Crippen molar-refractivity contribution in [1.29, 1.82) is 0 Å². The van der Waals surface area contributed by atoms with E-state index in [0.717, 1.165) is 24.8 Å². The number of aromatic nitrogens is 2. The largest absolute Gasteiger partial charge is 0.311 e. The zero-order valence-corrected chi connectivity index (χ0v) is 12.7. The molecule has 1 aliphatic heterocycles. The summed E-state index contributed by atoms with van der Waals surface area (Å²) >= 11 is 0. The minimum Gasteiger partial charge on any atom is -0.311 e. The van der Waals surface area contributed by atoms with E-state index in [2.05, 4.69) is 46.5 Å². The highest BCUT2D eigenvalue weighted by molar-refractivity contribution is 5.33. The van der Waals surface area contributed by atoms with Crippen LogP contribution in [0.4, 0.5) is 0 Å². The van der Waals surface area contributed by atoms with Crippen LogP contribution in [-0.2, 0) is 6.54 Å². The Morgan fingerprint density at radius 3 is 2.86 bits per heavy atom. The van der Waals surface area contributed by atoms with E-state index in [4.69, 9.17) is 0 Å². The van der Waals surface area contributed by atoms with Crippen LogP contribution in [0.15, 0.2) is 42.7 Å². The van der Waals surface area contributed by atoms with E-state index in [1.54, 1.807) is 6.20 Å². The van der Waals surface area contributed by atoms with Gasteiger partial charge in [-0.3, -0.25) is 4.90 Å². The molecule has 112 valence electrons. The third-order valence-corrected chi connectivity index (χ3v) is 4.32. The van der Waals surface area contributed by atoms with Gasteiger partial charge in [0.25, 0.3) is 0 Å². The lowest BCUT2D eigenvalue weighted by atomic mass is 10.2. The molecule has 3 rings (SSSR count). The molecule has 21 heavy (non-hydrogen) atoms. The SMILES string of the molecule is CCN1CCCC1CNCc1ccc(-n2cccn2)cc1. The van der Waals surface area contributed by atoms with Crippen molar-refractivity contribution in [3.63, 3.8) is 0 Å². The van der Waals surface area contributed by atoms with E-state index in [-0.39, 0.29) is 0 Å². The Morgan fingerprint density at radius 2 is 2.14 bits per heavy atom. The van der Waals surface area contributed by atoms with Gasteiger partial charge >= 0.3 is 0 Å². The smallest absolute Gasteiger partial charge is 0.0645 e. The van der Waals surface area contributed by atoms with Crippen LogP contribution in [-0.4, -0.2) is 40.4 Å². The first-order chi connectivity index (χ1) is 10.4. The van der Waals surface area contributed by atoms with Gasteiger partial charge in [-0.2, -0.15) is 5.10 Å². The second-order valence-electron chi connectivity index (χ2n) is 5.67. The number of likely N-dealkylation sites (N-methyl/N-ethyl adjacent to an activating group) is 1. The average Bonchev–Trinajstić information content (AvgIpc) is 3.19. The lowest BCUT2D eigenvalue weighted by molar-refractivity contribution is 0.260. The summed E-state index contributed by atoms with van der Waals surface area (Å²) in [6, 6.07) is 11.3. The molecule has 1 unspecified atom stereocenters. The number of rotatable bonds is 6. The minimum absolute atomic E-state index is 0.721. The zero-order chi connectivity index (χ0) is 14.5. The lowest BCUT2D eigenvalue weighted by Gasteiger charge is -2.23. The predicted octanol–water partition coefficient (Wildman–Crippen LogP) is 2.45. The molecular weight excluding hydrogens is 260 g/mol. The van der Waals surface area contributed by atoms with E-state index in [1.807, 2.05) is 16.9 Å². The van der Waals surface area contributed by atoms with Crippen LogP contribution >= 0.6 is 0 Å². The Hall–Kier alpha value is -1.65. The van der Waals surface area contributed by atoms with E-state index in [0.29, 0.717) is 0 Å². The zero-order valence-electron chi connectivity index (χ0n) is 12.7. The second kappa shape index (κ2) is 6.87. The van der Waals surface area contributed by atoms with E-state index >= 15 is 0 Å². The summed E-state index contributed by atoms with van der Waals surface area (Å²) in [5.74, 6) is 0. The van der Waals surface area contributed by atoms with Crippen LogP contribution in [0.1, 0.15) is 25.3 Å². The minimum atomic E-state index is 0.721. The maximum atomic E-state index is 4.24. The monoisotopic (exact) mass is 284 g/mol. The molecule has 1 aromatic heterocycles. The highest BCUT2D eigenvalue weighted by atomic mass is 15.3. The van der Waals surface area contributed by atoms with Gasteiger partial charge in [0, 0.05) is 31.5 Å². The molecule has 2 heterocycles. The van der Waals surface area contributed by atoms with Gasteiger partial charge in [-0.1, -0.05) is 19.1 Å². The first kappa shape index (κ1) is 14.3. The van der Waals surface area contributed by atoms with E-state index < -0.39 is 0 Å². The van der Waals surface area contributed by atoms with E-state index in [1.165, 1.54) is 31.5 Å². The van der Waals surface area contributed by atoms with Gasteiger partial charge < -0.3 is 5.32 Å². The van der Waals surface area contributed by atoms with Crippen molar-refractivity contribution >= 4 is 0 Å². The fourth-order valence-electron chi connectivity index (χ4n) is 3.11. The van der Waals surface area contributed by atoms with Crippen LogP contribution in [0, 0.1) is 0 Å². The van der Waals surface area contributed by atoms with Crippen molar-refractivity contribution in [2.45, 2.75) is 32.4 Å². The van der Waals surface area contributed by atoms with Crippen LogP contribution in [0.25, 0.3) is 5.69 Å². The van der Waals surface area contributed by atoms with Crippen LogP contribution in [0.2, 0.25) is 0 Å². The van der Waals surface area contributed by atoms with Gasteiger partial charge in [-0.15, -0.1) is 0 Å². The normalized spacial score (nSPS) is 19.2. The summed E-state index contributed by atoms with van der Waals surface area (Å²) in [4.78, 5) is 2.58. The molecule has 0 amide bonds. The molecule has 0 saturated carbocycles. The molecule has 4 nitrogen and oxygen atoms in total. The summed E-state index contributed by atoms with van der Waals surface area (Å²) in [6.45, 7) is 6.72. The van der Waals surface area contributed by atoms with Crippen LogP contribution in [0.3, 0.4) is 0 Å². The predicted molar refractivity (Wildman–Crippen MR) is 85.5 cm³/mol. The van der Waals surface area contributed by atoms with Crippen molar-refractivity contribution < 1.29 is 0 Å². The van der Waals surface area contributed by atoms with Gasteiger partial charge in [0.05, 0.1) is 5.69 Å². The fraction of sp³-hybridized carbons (Fsp3) is 0.471. The first-order valence-electron chi connectivity index (χ1n) is 7.90. The van der Waals surface area contributed by atoms with Crippen molar-refractivity contribution in [3.05, 3.63) is 48.3 Å². The molecule has 0 aliphatic carbocycles. The third-order valence-electron chi connectivity index (χ3n) is 4.32. The Bertz CT molecular complexity index is 532. The molecule has 2 aromatic rings. The fourth-order valence-corrected chi connectivity index (χ4v) is 3.11. The second-order valence-corrected chi connectivity index (χ2v) is 5.67. The Balaban J connectivity index is 1.49. The average molecular weight is 284 g/mol. The molecule has 4 heteroatoms. The van der Waals surface area contributed by atoms with E-state index in [9.17, 15) is 0 Å². The third kappa shape index (κ3) is 3.52. The Labute approximate surface area is 126 Å². The van der Waals surface area contributed by atoms with Gasteiger partial charge in [0.2, 0.25) is 0 Å². The van der Waals surface area contributed by atoms with Gasteiger partial charge in [0.15, 0.2) is 0 Å². The van der Waals surface area contributed by atoms with Crippen LogP contribution < -0.4 is 5.32 Å². The summed E-state index contributed by atoms with van der Waals surface area (Å²) in [5, 5.41) is 7.84. The summed E-state index contributed by atoms with van der Waals surface area (Å²) in [6.07, 6.45) is 6.45. The van der Waals surface area contributed by atoms with Crippen LogP contribution in [0.5, 0.6) is 0 Å². The van der Waals surface area contributed by atoms with Crippen molar-refractivity contribution in [1.82, 2.24) is 20.0 Å². The number of likely N-dealkylation sites (tertiary alicyclic amines) is 1. The maximum absolute atomic E-state index is 4.24. The lowest BCUT2D eigenvalue weighted by Crippen LogP contribution is -2.37. The molecule has 0 radical (unpaired) electrons. The van der Waals surface area contributed by atoms with Gasteiger partial charge in [-0.05, 0) is 49.7 Å². The summed E-state index contributed by atoms with van der Waals surface area (Å²) < 4.78 is 1.88. The molecule has 0 bridgehead atoms. The molecule has 1 atom stereocenters. The number of nitrogens with one attached hydrogen (secondary N) is 1. The Morgan fingerprint density at radius 1 is 1.29 bits per heavy atom. The van der Waals surface area contributed by atoms with Gasteiger partial charge in [0.1, 0.15) is 0 Å². The van der Waals surface area contributed by atoms with Crippen molar-refractivity contribution in [3.8, 4) is 5.69 Å². The highest BCUT2D eigenvalue weighted by Crippen LogP contribution is 2.16. The quantitative estimate of drug-likeness (QED) is 0.884. The molecule has 1 N–H and O–H groups in total. The maximum Gasteiger partial charge on any atom is 0.0645 e. The first-order valence-corrected chi connectivity index (χ1v) is 7.90. The van der Waals surface area contributed by atoms with Crippen molar-refractivity contribution in [2.24, 2.45) is 0 Å². The number of benzene rings is 1. The number of nitrogens with zero attached hydrogens (tertiary/aromatic N) is 3. The molecule has 1 aliphatic rings. The molecule has 1 saturated heterocycles. The van der Waals surface area contributed by atoms with Gasteiger partial charge in [-0.25, -0.2) is 4.68 Å². The number of hydrogen-bond donors (Lipinski definition) is 1. The topological polar surface area (TPSA) is 33.1 Å². The molecular formula is C17H24N4. The highest BCUT2D eigenvalue weighted by Gasteiger charge is 2.21. The molecule has 1 aromatic carbocycles. The number of hydrogen-bond acceptors (Lipinski definition) is 3. The summed E-state index contributed by atoms with van der Waals surface area (Å²) in [7, 11) is 0.